The monoisotopic (exact) mass is 544 g/mol. The number of β-amino-alcohol motifs (C(OH)–C–C–N with tert-alkyl or cyclic N) is 1. The van der Waals surface area contributed by atoms with E-state index in [4.69, 9.17) is 9.84 Å². The maximum Gasteiger partial charge on any atom is 0.329 e. The molecule has 0 saturated carbocycles. The van der Waals surface area contributed by atoms with E-state index in [1.165, 1.54) is 4.90 Å². The van der Waals surface area contributed by atoms with E-state index in [1.807, 2.05) is 57.5 Å². The summed E-state index contributed by atoms with van der Waals surface area (Å²) < 4.78 is 4.89. The highest BCUT2D eigenvalue weighted by Gasteiger charge is 2.44. The number of aliphatic carboxylic acids is 1. The quantitative estimate of drug-likeness (QED) is 0.416. The lowest BCUT2D eigenvalue weighted by atomic mass is 9.76. The number of aliphatic hydroxyl groups is 1. The number of carboxylic acids is 1. The summed E-state index contributed by atoms with van der Waals surface area (Å²) in [5.74, 6) is -2.80. The number of ketones is 2. The van der Waals surface area contributed by atoms with Crippen LogP contribution in [-0.2, 0) is 30.3 Å². The molecule has 206 valence electrons. The van der Waals surface area contributed by atoms with Crippen molar-refractivity contribution < 1.29 is 34.1 Å². The molecule has 2 N–H and O–H groups in total. The average molecular weight is 545 g/mol. The highest BCUT2D eigenvalue weighted by Crippen LogP contribution is 2.34. The predicted molar refractivity (Wildman–Crippen MR) is 143 cm³/mol. The molecule has 0 unspecified atom stereocenters. The van der Waals surface area contributed by atoms with Gasteiger partial charge in [-0.3, -0.25) is 14.4 Å². The van der Waals surface area contributed by atoms with Crippen molar-refractivity contribution in [3.63, 3.8) is 0 Å². The van der Waals surface area contributed by atoms with Crippen LogP contribution < -0.4 is 0 Å². The standard InChI is InChI=1S/C28H36N2O7S/c1-17-26(38-16-29-17)19-8-5-18(6-9-19)7-10-24(33)23-12-20(31)13-30(23)27(36)22(28(2,3)4)11-21(32)14-37-15-25(34)35/h5-6,8-9,16,20,22-23,31H,7,10-15H2,1-4H3,(H,34,35)/t20-,22-,23+/m1/s1. The largest absolute Gasteiger partial charge is 0.480 e. The lowest BCUT2D eigenvalue weighted by Crippen LogP contribution is -2.47. The van der Waals surface area contributed by atoms with Crippen LogP contribution in [0.2, 0.25) is 0 Å². The maximum absolute atomic E-state index is 13.6. The normalized spacial score (nSPS) is 18.4. The van der Waals surface area contributed by atoms with Crippen molar-refractivity contribution >= 4 is 34.8 Å². The van der Waals surface area contributed by atoms with Gasteiger partial charge in [-0.1, -0.05) is 45.0 Å². The first-order valence-corrected chi connectivity index (χ1v) is 13.6. The number of carbonyl (C=O) groups is 4. The first-order chi connectivity index (χ1) is 17.9. The number of hydrogen-bond acceptors (Lipinski definition) is 8. The molecular formula is C28H36N2O7S. The van der Waals surface area contributed by atoms with E-state index in [9.17, 15) is 24.3 Å². The number of nitrogens with zero attached hydrogens (tertiary/aromatic N) is 2. The van der Waals surface area contributed by atoms with Gasteiger partial charge in [0.05, 0.1) is 28.2 Å². The average Bonchev–Trinajstić information content (AvgIpc) is 3.45. The second-order valence-electron chi connectivity index (χ2n) is 10.9. The van der Waals surface area contributed by atoms with Crippen LogP contribution in [0.4, 0.5) is 0 Å². The van der Waals surface area contributed by atoms with E-state index < -0.39 is 42.7 Å². The minimum atomic E-state index is -1.18. The molecule has 0 bridgehead atoms. The third-order valence-corrected chi connectivity index (χ3v) is 7.80. The Morgan fingerprint density at radius 3 is 2.42 bits per heavy atom. The van der Waals surface area contributed by atoms with Crippen LogP contribution in [-0.4, -0.2) is 75.4 Å². The molecule has 2 aromatic rings. The fourth-order valence-electron chi connectivity index (χ4n) is 4.70. The van der Waals surface area contributed by atoms with Gasteiger partial charge in [-0.05, 0) is 29.9 Å². The molecule has 0 aliphatic carbocycles. The molecule has 1 aromatic heterocycles. The van der Waals surface area contributed by atoms with Crippen LogP contribution in [0.3, 0.4) is 0 Å². The maximum atomic E-state index is 13.6. The third-order valence-electron chi connectivity index (χ3n) is 6.82. The lowest BCUT2D eigenvalue weighted by molar-refractivity contribution is -0.147. The summed E-state index contributed by atoms with van der Waals surface area (Å²) in [4.78, 5) is 56.7. The van der Waals surface area contributed by atoms with Crippen LogP contribution in [0.15, 0.2) is 29.8 Å². The Morgan fingerprint density at radius 1 is 1.16 bits per heavy atom. The highest BCUT2D eigenvalue weighted by atomic mass is 32.1. The third kappa shape index (κ3) is 7.78. The van der Waals surface area contributed by atoms with Gasteiger partial charge in [0, 0.05) is 31.7 Å². The summed E-state index contributed by atoms with van der Waals surface area (Å²) in [7, 11) is 0. The van der Waals surface area contributed by atoms with E-state index in [0.29, 0.717) is 6.42 Å². The lowest BCUT2D eigenvalue weighted by Gasteiger charge is -2.34. The van der Waals surface area contributed by atoms with Gasteiger partial charge in [0.2, 0.25) is 5.91 Å². The van der Waals surface area contributed by atoms with Gasteiger partial charge in [0.15, 0.2) is 11.6 Å². The molecule has 2 heterocycles. The van der Waals surface area contributed by atoms with Gasteiger partial charge in [-0.15, -0.1) is 11.3 Å². The summed E-state index contributed by atoms with van der Waals surface area (Å²) in [5.41, 5.74) is 4.27. The molecule has 1 aromatic carbocycles. The number of carbonyl (C=O) groups excluding carboxylic acids is 3. The van der Waals surface area contributed by atoms with E-state index in [2.05, 4.69) is 4.98 Å². The summed E-state index contributed by atoms with van der Waals surface area (Å²) >= 11 is 1.58. The SMILES string of the molecule is Cc1ncsc1-c1ccc(CCC(=O)[C@@H]2C[C@@H](O)CN2C(=O)[C@@H](CC(=O)COCC(=O)O)C(C)(C)C)cc1. The van der Waals surface area contributed by atoms with Crippen LogP contribution in [0, 0.1) is 18.3 Å². The zero-order chi connectivity index (χ0) is 28.0. The van der Waals surface area contributed by atoms with Crippen molar-refractivity contribution in [2.24, 2.45) is 11.3 Å². The van der Waals surface area contributed by atoms with Crippen molar-refractivity contribution in [3.8, 4) is 10.4 Å². The summed E-state index contributed by atoms with van der Waals surface area (Å²) in [6.07, 6.45) is -0.0494. The second kappa shape index (κ2) is 12.7. The number of ether oxygens (including phenoxy) is 1. The number of likely N-dealkylation sites (tertiary alicyclic amines) is 1. The topological polar surface area (TPSA) is 134 Å². The summed E-state index contributed by atoms with van der Waals surface area (Å²) in [6, 6.07) is 7.25. The van der Waals surface area contributed by atoms with E-state index >= 15 is 0 Å². The van der Waals surface area contributed by atoms with Crippen molar-refractivity contribution in [2.45, 2.75) is 65.5 Å². The molecule has 3 rings (SSSR count). The molecule has 1 aliphatic rings. The van der Waals surface area contributed by atoms with Gasteiger partial charge in [-0.2, -0.15) is 0 Å². The van der Waals surface area contributed by atoms with Crippen LogP contribution in [0.5, 0.6) is 0 Å². The Kier molecular flexibility index (Phi) is 9.92. The number of aromatic nitrogens is 1. The Morgan fingerprint density at radius 2 is 1.84 bits per heavy atom. The molecule has 0 radical (unpaired) electrons. The summed E-state index contributed by atoms with van der Waals surface area (Å²) in [6.45, 7) is 6.51. The summed E-state index contributed by atoms with van der Waals surface area (Å²) in [5, 5.41) is 19.0. The number of Topliss-reactive ketones (excluding diaryl/α,β-unsaturated/α-hetero) is 2. The van der Waals surface area contributed by atoms with Gasteiger partial charge in [0.1, 0.15) is 13.2 Å². The van der Waals surface area contributed by atoms with Crippen molar-refractivity contribution in [1.29, 1.82) is 0 Å². The van der Waals surface area contributed by atoms with Crippen molar-refractivity contribution in [2.75, 3.05) is 19.8 Å². The zero-order valence-electron chi connectivity index (χ0n) is 22.3. The molecule has 1 saturated heterocycles. The fourth-order valence-corrected chi connectivity index (χ4v) is 5.51. The molecule has 9 nitrogen and oxygen atoms in total. The van der Waals surface area contributed by atoms with Crippen molar-refractivity contribution in [1.82, 2.24) is 9.88 Å². The molecule has 1 amide bonds. The first kappa shape index (κ1) is 29.6. The molecule has 0 spiro atoms. The molecule has 1 aliphatic heterocycles. The van der Waals surface area contributed by atoms with Gasteiger partial charge in [-0.25, -0.2) is 9.78 Å². The van der Waals surface area contributed by atoms with Gasteiger partial charge < -0.3 is 19.8 Å². The number of carboxylic acid groups (broad SMARTS) is 1. The molecular weight excluding hydrogens is 508 g/mol. The van der Waals surface area contributed by atoms with E-state index in [-0.39, 0.29) is 43.3 Å². The number of benzene rings is 1. The number of amides is 1. The molecule has 3 atom stereocenters. The number of rotatable bonds is 12. The van der Waals surface area contributed by atoms with Crippen LogP contribution in [0.1, 0.15) is 51.3 Å². The molecule has 10 heteroatoms. The molecule has 38 heavy (non-hydrogen) atoms. The fraction of sp³-hybridized carbons (Fsp3) is 0.536. The second-order valence-corrected chi connectivity index (χ2v) is 11.7. The highest BCUT2D eigenvalue weighted by molar-refractivity contribution is 7.13. The minimum Gasteiger partial charge on any atom is -0.480 e. The number of aryl methyl sites for hydroxylation is 2. The van der Waals surface area contributed by atoms with Crippen LogP contribution in [0.25, 0.3) is 10.4 Å². The van der Waals surface area contributed by atoms with E-state index in [1.54, 1.807) is 11.3 Å². The Bertz CT molecular complexity index is 1150. The van der Waals surface area contributed by atoms with Crippen LogP contribution >= 0.6 is 11.3 Å². The molecule has 1 fully saturated rings. The van der Waals surface area contributed by atoms with Crippen molar-refractivity contribution in [3.05, 3.63) is 41.0 Å². The number of aliphatic hydroxyl groups excluding tert-OH is 1. The van der Waals surface area contributed by atoms with Gasteiger partial charge >= 0.3 is 5.97 Å². The zero-order valence-corrected chi connectivity index (χ0v) is 23.1. The number of thiazole rings is 1. The Hall–Kier alpha value is -2.95. The minimum absolute atomic E-state index is 0.0361. The number of hydrogen-bond donors (Lipinski definition) is 2. The predicted octanol–water partition coefficient (Wildman–Crippen LogP) is 3.30. The Labute approximate surface area is 226 Å². The van der Waals surface area contributed by atoms with Gasteiger partial charge in [0.25, 0.3) is 0 Å². The first-order valence-electron chi connectivity index (χ1n) is 12.7. The van der Waals surface area contributed by atoms with E-state index in [0.717, 1.165) is 21.7 Å². The smallest absolute Gasteiger partial charge is 0.329 e. The Balaban J connectivity index is 1.64.